The number of hydrogen-bond acceptors (Lipinski definition) is 4. The molecule has 2 N–H and O–H groups in total. The Bertz CT molecular complexity index is 1010. The summed E-state index contributed by atoms with van der Waals surface area (Å²) in [5.74, 6) is 1.69. The lowest BCUT2D eigenvalue weighted by Gasteiger charge is -2.29. The fourth-order valence-corrected chi connectivity index (χ4v) is 4.24. The summed E-state index contributed by atoms with van der Waals surface area (Å²) in [4.78, 5) is 11.4. The van der Waals surface area contributed by atoms with Crippen molar-refractivity contribution >= 4 is 40.8 Å². The Morgan fingerprint density at radius 1 is 1.06 bits per heavy atom. The molecule has 32 heavy (non-hydrogen) atoms. The van der Waals surface area contributed by atoms with E-state index in [1.165, 1.54) is 29.4 Å². The molecule has 1 aliphatic heterocycles. The molecule has 2 aromatic carbocycles. The van der Waals surface area contributed by atoms with Crippen molar-refractivity contribution in [1.82, 2.24) is 20.5 Å². The van der Waals surface area contributed by atoms with Crippen molar-refractivity contribution in [3.63, 3.8) is 0 Å². The van der Waals surface area contributed by atoms with Gasteiger partial charge in [-0.2, -0.15) is 0 Å². The molecule has 0 spiro atoms. The number of ether oxygens (including phenoxy) is 1. The maximum Gasteiger partial charge on any atom is 0.191 e. The summed E-state index contributed by atoms with van der Waals surface area (Å²) in [6, 6.07) is 19.0. The molecule has 2 heterocycles. The minimum absolute atomic E-state index is 0. The Balaban J connectivity index is 0.00000289. The van der Waals surface area contributed by atoms with E-state index in [-0.39, 0.29) is 24.0 Å². The van der Waals surface area contributed by atoms with Crippen LogP contribution in [-0.4, -0.2) is 49.6 Å². The molecule has 170 valence electrons. The molecule has 6 nitrogen and oxygen atoms in total. The molecule has 4 rings (SSSR count). The number of rotatable bonds is 7. The zero-order chi connectivity index (χ0) is 21.5. The molecule has 0 amide bonds. The number of pyridine rings is 1. The topological polar surface area (TPSA) is 61.8 Å². The van der Waals surface area contributed by atoms with Crippen LogP contribution in [-0.2, 0) is 6.54 Å². The summed E-state index contributed by atoms with van der Waals surface area (Å²) >= 11 is 0. The van der Waals surface area contributed by atoms with Gasteiger partial charge in [0.1, 0.15) is 5.75 Å². The first-order valence-corrected chi connectivity index (χ1v) is 10.9. The highest BCUT2D eigenvalue weighted by molar-refractivity contribution is 14.0. The van der Waals surface area contributed by atoms with Crippen LogP contribution in [0, 0.1) is 0 Å². The predicted octanol–water partition coefficient (Wildman–Crippen LogP) is 4.36. The quantitative estimate of drug-likeness (QED) is 0.263. The van der Waals surface area contributed by atoms with E-state index in [0.29, 0.717) is 12.6 Å². The Morgan fingerprint density at radius 3 is 2.53 bits per heavy atom. The molecule has 1 fully saturated rings. The maximum absolute atomic E-state index is 5.33. The first-order chi connectivity index (χ1) is 15.3. The van der Waals surface area contributed by atoms with E-state index in [1.54, 1.807) is 7.11 Å². The van der Waals surface area contributed by atoms with Gasteiger partial charge in [-0.05, 0) is 61.3 Å². The molecule has 7 heteroatoms. The van der Waals surface area contributed by atoms with Crippen LogP contribution in [0.1, 0.15) is 30.0 Å². The fourth-order valence-electron chi connectivity index (χ4n) is 4.24. The van der Waals surface area contributed by atoms with E-state index in [9.17, 15) is 0 Å². The van der Waals surface area contributed by atoms with Crippen molar-refractivity contribution in [2.45, 2.75) is 25.4 Å². The lowest BCUT2D eigenvalue weighted by atomic mass is 10.1. The number of nitrogens with one attached hydrogen (secondary N) is 2. The first-order valence-electron chi connectivity index (χ1n) is 10.9. The average Bonchev–Trinajstić information content (AvgIpc) is 3.36. The van der Waals surface area contributed by atoms with E-state index >= 15 is 0 Å². The number of methoxy groups -OCH3 is 1. The number of hydrogen-bond donors (Lipinski definition) is 2. The summed E-state index contributed by atoms with van der Waals surface area (Å²) in [5, 5.41) is 8.18. The van der Waals surface area contributed by atoms with Gasteiger partial charge in [0.2, 0.25) is 0 Å². The van der Waals surface area contributed by atoms with E-state index in [1.807, 2.05) is 37.5 Å². The van der Waals surface area contributed by atoms with Crippen LogP contribution in [0.3, 0.4) is 0 Å². The molecular formula is C25H32IN5O. The van der Waals surface area contributed by atoms with Crippen molar-refractivity contribution in [2.24, 2.45) is 4.99 Å². The molecule has 0 saturated carbocycles. The Labute approximate surface area is 207 Å². The minimum atomic E-state index is 0. The van der Waals surface area contributed by atoms with Gasteiger partial charge in [-0.15, -0.1) is 24.0 Å². The van der Waals surface area contributed by atoms with Crippen molar-refractivity contribution in [2.75, 3.05) is 33.8 Å². The molecule has 1 aromatic heterocycles. The van der Waals surface area contributed by atoms with E-state index in [0.717, 1.165) is 36.9 Å². The Morgan fingerprint density at radius 2 is 1.81 bits per heavy atom. The SMILES string of the molecule is CN=C(NCc1ccnc2ccccc12)NCC(c1ccc(OC)cc1)N1CCCC1.I. The number of guanidine groups is 1. The summed E-state index contributed by atoms with van der Waals surface area (Å²) in [6.07, 6.45) is 4.38. The zero-order valence-electron chi connectivity index (χ0n) is 18.8. The molecule has 1 atom stereocenters. The van der Waals surface area contributed by atoms with Gasteiger partial charge in [0.05, 0.1) is 18.7 Å². The van der Waals surface area contributed by atoms with Crippen molar-refractivity contribution in [1.29, 1.82) is 0 Å². The highest BCUT2D eigenvalue weighted by Gasteiger charge is 2.23. The van der Waals surface area contributed by atoms with Crippen LogP contribution in [0.5, 0.6) is 5.75 Å². The predicted molar refractivity (Wildman–Crippen MR) is 142 cm³/mol. The van der Waals surface area contributed by atoms with E-state index < -0.39 is 0 Å². The maximum atomic E-state index is 5.33. The van der Waals surface area contributed by atoms with Crippen molar-refractivity contribution in [3.8, 4) is 5.75 Å². The number of para-hydroxylation sites is 1. The Kier molecular flexibility index (Phi) is 9.11. The van der Waals surface area contributed by atoms with Gasteiger partial charge in [-0.3, -0.25) is 14.9 Å². The molecular weight excluding hydrogens is 513 g/mol. The van der Waals surface area contributed by atoms with Crippen LogP contribution in [0.25, 0.3) is 10.9 Å². The van der Waals surface area contributed by atoms with Crippen LogP contribution in [0.2, 0.25) is 0 Å². The second kappa shape index (κ2) is 12.0. The lowest BCUT2D eigenvalue weighted by Crippen LogP contribution is -2.42. The fraction of sp³-hybridized carbons (Fsp3) is 0.360. The van der Waals surface area contributed by atoms with Gasteiger partial charge in [0, 0.05) is 31.7 Å². The van der Waals surface area contributed by atoms with Crippen molar-refractivity contribution < 1.29 is 4.74 Å². The second-order valence-electron chi connectivity index (χ2n) is 7.83. The molecule has 1 unspecified atom stereocenters. The van der Waals surface area contributed by atoms with Gasteiger partial charge in [-0.1, -0.05) is 30.3 Å². The van der Waals surface area contributed by atoms with E-state index in [2.05, 4.69) is 55.8 Å². The third-order valence-electron chi connectivity index (χ3n) is 5.95. The first kappa shape index (κ1) is 24.3. The molecule has 0 radical (unpaired) electrons. The number of nitrogens with zero attached hydrogens (tertiary/aromatic N) is 3. The number of fused-ring (bicyclic) bond motifs is 1. The van der Waals surface area contributed by atoms with Gasteiger partial charge < -0.3 is 15.4 Å². The molecule has 0 aliphatic carbocycles. The van der Waals surface area contributed by atoms with Crippen molar-refractivity contribution in [3.05, 3.63) is 71.9 Å². The van der Waals surface area contributed by atoms with Gasteiger partial charge in [0.15, 0.2) is 5.96 Å². The number of likely N-dealkylation sites (tertiary alicyclic amines) is 1. The Hall–Kier alpha value is -2.39. The minimum Gasteiger partial charge on any atom is -0.497 e. The third-order valence-corrected chi connectivity index (χ3v) is 5.95. The van der Waals surface area contributed by atoms with Gasteiger partial charge in [-0.25, -0.2) is 0 Å². The van der Waals surface area contributed by atoms with Crippen LogP contribution < -0.4 is 15.4 Å². The highest BCUT2D eigenvalue weighted by atomic mass is 127. The average molecular weight is 545 g/mol. The molecule has 0 bridgehead atoms. The normalized spacial score (nSPS) is 15.2. The summed E-state index contributed by atoms with van der Waals surface area (Å²) < 4.78 is 5.33. The highest BCUT2D eigenvalue weighted by Crippen LogP contribution is 2.26. The summed E-state index contributed by atoms with van der Waals surface area (Å²) in [5.41, 5.74) is 3.52. The number of aromatic nitrogens is 1. The van der Waals surface area contributed by atoms with Gasteiger partial charge >= 0.3 is 0 Å². The molecule has 1 aliphatic rings. The standard InChI is InChI=1S/C25H31N5O.HI/c1-26-25(28-17-20-13-14-27-23-8-4-3-7-22(20)23)29-18-24(30-15-5-6-16-30)19-9-11-21(31-2)12-10-19;/h3-4,7-14,24H,5-6,15-18H2,1-2H3,(H2,26,28,29);1H. The second-order valence-corrected chi connectivity index (χ2v) is 7.83. The number of benzene rings is 2. The number of halogens is 1. The summed E-state index contributed by atoms with van der Waals surface area (Å²) in [6.45, 7) is 3.75. The third kappa shape index (κ3) is 5.89. The van der Waals surface area contributed by atoms with Crippen LogP contribution in [0.4, 0.5) is 0 Å². The lowest BCUT2D eigenvalue weighted by molar-refractivity contribution is 0.245. The monoisotopic (exact) mass is 545 g/mol. The number of aliphatic imine (C=N–C) groups is 1. The smallest absolute Gasteiger partial charge is 0.191 e. The van der Waals surface area contributed by atoms with Crippen LogP contribution in [0.15, 0.2) is 65.8 Å². The summed E-state index contributed by atoms with van der Waals surface area (Å²) in [7, 11) is 3.52. The van der Waals surface area contributed by atoms with Crippen LogP contribution >= 0.6 is 24.0 Å². The molecule has 3 aromatic rings. The zero-order valence-corrected chi connectivity index (χ0v) is 21.1. The van der Waals surface area contributed by atoms with E-state index in [4.69, 9.17) is 4.74 Å². The molecule has 1 saturated heterocycles. The van der Waals surface area contributed by atoms with Gasteiger partial charge in [0.25, 0.3) is 0 Å². The largest absolute Gasteiger partial charge is 0.497 e.